The van der Waals surface area contributed by atoms with Crippen molar-refractivity contribution < 1.29 is 23.5 Å². The summed E-state index contributed by atoms with van der Waals surface area (Å²) in [5.41, 5.74) is 1.44. The van der Waals surface area contributed by atoms with Crippen LogP contribution in [-0.2, 0) is 16.1 Å². The van der Waals surface area contributed by atoms with Crippen LogP contribution in [0.2, 0.25) is 0 Å². The SMILES string of the molecule is O=C1CCC(N2Cc3cc(O[C@@H]4CCC[C@@H]4N4CCC(F)CC4)ccc3C2=O)C(=O)N1. The molecule has 4 aliphatic rings. The Morgan fingerprint density at radius 2 is 1.84 bits per heavy atom. The summed E-state index contributed by atoms with van der Waals surface area (Å²) in [6.07, 6.45) is 4.31. The van der Waals surface area contributed by atoms with E-state index in [1.54, 1.807) is 11.0 Å². The summed E-state index contributed by atoms with van der Waals surface area (Å²) in [5.74, 6) is -0.138. The highest BCUT2D eigenvalue weighted by atomic mass is 19.1. The van der Waals surface area contributed by atoms with E-state index >= 15 is 0 Å². The Bertz CT molecular complexity index is 899. The first-order valence-corrected chi connectivity index (χ1v) is 11.3. The lowest BCUT2D eigenvalue weighted by Crippen LogP contribution is -2.52. The fourth-order valence-corrected chi connectivity index (χ4v) is 5.46. The minimum Gasteiger partial charge on any atom is -0.489 e. The Balaban J connectivity index is 1.27. The number of nitrogens with one attached hydrogen (secondary N) is 1. The number of fused-ring (bicyclic) bond motifs is 1. The molecular formula is C23H28FN3O4. The van der Waals surface area contributed by atoms with E-state index in [4.69, 9.17) is 4.74 Å². The number of hydrogen-bond donors (Lipinski definition) is 1. The van der Waals surface area contributed by atoms with E-state index in [9.17, 15) is 18.8 Å². The number of hydrogen-bond acceptors (Lipinski definition) is 5. The minimum atomic E-state index is -0.682. The number of rotatable bonds is 4. The van der Waals surface area contributed by atoms with Crippen LogP contribution in [0.1, 0.15) is 60.9 Å². The molecule has 1 N–H and O–H groups in total. The predicted molar refractivity (Wildman–Crippen MR) is 110 cm³/mol. The molecule has 1 unspecified atom stereocenters. The molecule has 1 aromatic carbocycles. The van der Waals surface area contributed by atoms with Crippen LogP contribution in [0.15, 0.2) is 18.2 Å². The number of alkyl halides is 1. The number of amides is 3. The van der Waals surface area contributed by atoms with Gasteiger partial charge in [0.05, 0.1) is 0 Å². The molecule has 1 saturated carbocycles. The Labute approximate surface area is 180 Å². The van der Waals surface area contributed by atoms with Gasteiger partial charge in [-0.2, -0.15) is 0 Å². The number of piperidine rings is 2. The lowest BCUT2D eigenvalue weighted by Gasteiger charge is -2.36. The fraction of sp³-hybridized carbons (Fsp3) is 0.609. The van der Waals surface area contributed by atoms with E-state index in [1.165, 1.54) is 0 Å². The second-order valence-electron chi connectivity index (χ2n) is 9.08. The lowest BCUT2D eigenvalue weighted by atomic mass is 10.0. The number of nitrogens with zero attached hydrogens (tertiary/aromatic N) is 2. The van der Waals surface area contributed by atoms with Gasteiger partial charge in [0.25, 0.3) is 5.91 Å². The molecular weight excluding hydrogens is 401 g/mol. The van der Waals surface area contributed by atoms with E-state index in [0.717, 1.165) is 43.7 Å². The molecule has 0 aromatic heterocycles. The molecule has 0 spiro atoms. The molecule has 5 rings (SSSR count). The highest BCUT2D eigenvalue weighted by Crippen LogP contribution is 2.34. The zero-order valence-electron chi connectivity index (χ0n) is 17.5. The van der Waals surface area contributed by atoms with Crippen LogP contribution in [0.25, 0.3) is 0 Å². The van der Waals surface area contributed by atoms with Crippen molar-refractivity contribution in [2.24, 2.45) is 0 Å². The molecule has 0 radical (unpaired) electrons. The molecule has 3 fully saturated rings. The van der Waals surface area contributed by atoms with Gasteiger partial charge in [-0.05, 0) is 62.3 Å². The monoisotopic (exact) mass is 429 g/mol. The molecule has 3 amide bonds. The number of carbonyl (C=O) groups is 3. The summed E-state index contributed by atoms with van der Waals surface area (Å²) in [4.78, 5) is 40.4. The third kappa shape index (κ3) is 3.93. The molecule has 2 saturated heterocycles. The van der Waals surface area contributed by atoms with Crippen LogP contribution in [0, 0.1) is 0 Å². The first-order valence-electron chi connectivity index (χ1n) is 11.3. The van der Waals surface area contributed by atoms with Gasteiger partial charge in [0.1, 0.15) is 24.1 Å². The van der Waals surface area contributed by atoms with Gasteiger partial charge in [0.2, 0.25) is 11.8 Å². The molecule has 31 heavy (non-hydrogen) atoms. The summed E-state index contributed by atoms with van der Waals surface area (Å²) in [6, 6.07) is 5.20. The molecule has 0 bridgehead atoms. The van der Waals surface area contributed by atoms with Crippen LogP contribution in [0.3, 0.4) is 0 Å². The highest BCUT2D eigenvalue weighted by molar-refractivity contribution is 6.05. The van der Waals surface area contributed by atoms with E-state index in [0.29, 0.717) is 37.4 Å². The second-order valence-corrected chi connectivity index (χ2v) is 9.08. The van der Waals surface area contributed by atoms with Gasteiger partial charge in [-0.15, -0.1) is 0 Å². The minimum absolute atomic E-state index is 0.0672. The quantitative estimate of drug-likeness (QED) is 0.743. The average molecular weight is 429 g/mol. The maximum Gasteiger partial charge on any atom is 0.255 e. The third-order valence-corrected chi connectivity index (χ3v) is 7.13. The lowest BCUT2D eigenvalue weighted by molar-refractivity contribution is -0.136. The first kappa shape index (κ1) is 20.4. The van der Waals surface area contributed by atoms with E-state index in [2.05, 4.69) is 10.2 Å². The van der Waals surface area contributed by atoms with Crippen LogP contribution in [-0.4, -0.2) is 65.0 Å². The summed E-state index contributed by atoms with van der Waals surface area (Å²) < 4.78 is 19.9. The van der Waals surface area contributed by atoms with E-state index in [-0.39, 0.29) is 24.3 Å². The number of halogens is 1. The molecule has 1 aliphatic carbocycles. The summed E-state index contributed by atoms with van der Waals surface area (Å²) in [6.45, 7) is 1.91. The topological polar surface area (TPSA) is 79.0 Å². The van der Waals surface area contributed by atoms with Gasteiger partial charge in [0, 0.05) is 37.7 Å². The fourth-order valence-electron chi connectivity index (χ4n) is 5.46. The highest BCUT2D eigenvalue weighted by Gasteiger charge is 2.40. The van der Waals surface area contributed by atoms with Gasteiger partial charge < -0.3 is 9.64 Å². The van der Waals surface area contributed by atoms with Gasteiger partial charge >= 0.3 is 0 Å². The Morgan fingerprint density at radius 1 is 1.03 bits per heavy atom. The van der Waals surface area contributed by atoms with E-state index < -0.39 is 18.1 Å². The summed E-state index contributed by atoms with van der Waals surface area (Å²) in [7, 11) is 0. The first-order chi connectivity index (χ1) is 15.0. The Morgan fingerprint density at radius 3 is 2.61 bits per heavy atom. The predicted octanol–water partition coefficient (Wildman–Crippen LogP) is 2.18. The van der Waals surface area contributed by atoms with Crippen molar-refractivity contribution in [3.8, 4) is 5.75 Å². The Hall–Kier alpha value is -2.48. The zero-order valence-corrected chi connectivity index (χ0v) is 17.5. The van der Waals surface area contributed by atoms with Gasteiger partial charge in [-0.3, -0.25) is 24.6 Å². The van der Waals surface area contributed by atoms with Crippen molar-refractivity contribution in [2.75, 3.05) is 13.1 Å². The van der Waals surface area contributed by atoms with Crippen LogP contribution in [0.5, 0.6) is 5.75 Å². The summed E-state index contributed by atoms with van der Waals surface area (Å²) >= 11 is 0. The van der Waals surface area contributed by atoms with Gasteiger partial charge in [-0.1, -0.05) is 0 Å². The van der Waals surface area contributed by atoms with Crippen LogP contribution < -0.4 is 10.1 Å². The van der Waals surface area contributed by atoms with Gasteiger partial charge in [-0.25, -0.2) is 4.39 Å². The largest absolute Gasteiger partial charge is 0.489 e. The molecule has 8 heteroatoms. The normalized spacial score (nSPS) is 29.9. The van der Waals surface area contributed by atoms with Crippen molar-refractivity contribution >= 4 is 17.7 Å². The number of benzene rings is 1. The molecule has 3 aliphatic heterocycles. The van der Waals surface area contributed by atoms with E-state index in [1.807, 2.05) is 12.1 Å². The van der Waals surface area contributed by atoms with Crippen molar-refractivity contribution in [1.29, 1.82) is 0 Å². The number of imide groups is 1. The molecule has 1 aromatic rings. The maximum atomic E-state index is 13.5. The van der Waals surface area contributed by atoms with Crippen molar-refractivity contribution in [3.05, 3.63) is 29.3 Å². The standard InChI is InChI=1S/C23H28FN3O4/c24-15-8-10-26(11-9-15)18-2-1-3-20(18)31-16-4-5-17-14(12-16)13-27(23(17)30)19-6-7-21(28)25-22(19)29/h4-5,12,15,18-20H,1-3,6-11,13H2,(H,25,28,29)/t18-,19?,20+/m0/s1. The van der Waals surface area contributed by atoms with Crippen LogP contribution >= 0.6 is 0 Å². The zero-order chi connectivity index (χ0) is 21.5. The molecule has 3 atom stereocenters. The molecule has 7 nitrogen and oxygen atoms in total. The third-order valence-electron chi connectivity index (χ3n) is 7.13. The molecule has 3 heterocycles. The number of likely N-dealkylation sites (tertiary alicyclic amines) is 1. The average Bonchev–Trinajstić information content (AvgIpc) is 3.33. The van der Waals surface area contributed by atoms with Crippen LogP contribution in [0.4, 0.5) is 4.39 Å². The summed E-state index contributed by atoms with van der Waals surface area (Å²) in [5, 5.41) is 2.33. The molecule has 166 valence electrons. The van der Waals surface area contributed by atoms with Crippen molar-refractivity contribution in [1.82, 2.24) is 15.1 Å². The second kappa shape index (κ2) is 8.22. The van der Waals surface area contributed by atoms with Crippen molar-refractivity contribution in [2.45, 2.75) is 75.8 Å². The van der Waals surface area contributed by atoms with Gasteiger partial charge in [0.15, 0.2) is 0 Å². The maximum absolute atomic E-state index is 13.5. The number of ether oxygens (including phenoxy) is 1. The smallest absolute Gasteiger partial charge is 0.255 e. The van der Waals surface area contributed by atoms with Crippen molar-refractivity contribution in [3.63, 3.8) is 0 Å². The number of carbonyl (C=O) groups excluding carboxylic acids is 3. The Kier molecular flexibility index (Phi) is 5.42.